The van der Waals surface area contributed by atoms with E-state index in [0.717, 1.165) is 78.0 Å². The first-order chi connectivity index (χ1) is 20.7. The van der Waals surface area contributed by atoms with Gasteiger partial charge in [0.1, 0.15) is 0 Å². The van der Waals surface area contributed by atoms with Gasteiger partial charge < -0.3 is 19.3 Å². The van der Waals surface area contributed by atoms with Crippen molar-refractivity contribution in [3.05, 3.63) is 133 Å². The maximum Gasteiger partial charge on any atom is 0.151 e. The van der Waals surface area contributed by atoms with Crippen molar-refractivity contribution in [3.63, 3.8) is 0 Å². The summed E-state index contributed by atoms with van der Waals surface area (Å²) in [5, 5.41) is 0. The van der Waals surface area contributed by atoms with E-state index >= 15 is 0 Å². The maximum atomic E-state index is 13.7. The Morgan fingerprint density at radius 1 is 0.429 bits per heavy atom. The normalized spacial score (nSPS) is 14.0. The molecule has 6 aromatic carbocycles. The fourth-order valence-corrected chi connectivity index (χ4v) is 7.50. The molecule has 0 saturated carbocycles. The van der Waals surface area contributed by atoms with Gasteiger partial charge in [-0.1, -0.05) is 48.5 Å². The molecule has 0 bridgehead atoms. The molecule has 0 N–H and O–H groups in total. The van der Waals surface area contributed by atoms with E-state index in [1.54, 1.807) is 0 Å². The minimum Gasteiger partial charge on any atom is -0.453 e. The summed E-state index contributed by atoms with van der Waals surface area (Å²) < 4.78 is 26.2. The lowest BCUT2D eigenvalue weighted by atomic mass is 10.0. The third kappa shape index (κ3) is 3.33. The van der Waals surface area contributed by atoms with Crippen molar-refractivity contribution < 1.29 is 13.7 Å². The Morgan fingerprint density at radius 3 is 1.12 bits per heavy atom. The number of benzene rings is 6. The second-order valence-electron chi connectivity index (χ2n) is 10.4. The van der Waals surface area contributed by atoms with Gasteiger partial charge in [-0.3, -0.25) is 0 Å². The Labute approximate surface area is 245 Å². The van der Waals surface area contributed by atoms with Crippen molar-refractivity contribution in [2.75, 3.05) is 9.80 Å². The molecule has 3 aliphatic rings. The summed E-state index contributed by atoms with van der Waals surface area (Å²) in [4.78, 5) is 6.08. The van der Waals surface area contributed by atoms with Gasteiger partial charge in [0.15, 0.2) is 23.0 Å². The van der Waals surface area contributed by atoms with Gasteiger partial charge in [-0.25, -0.2) is 4.21 Å². The second-order valence-corrected chi connectivity index (χ2v) is 11.8. The van der Waals surface area contributed by atoms with Crippen molar-refractivity contribution in [2.45, 2.75) is 9.79 Å². The predicted molar refractivity (Wildman–Crippen MR) is 166 cm³/mol. The average molecular weight is 563 g/mol. The monoisotopic (exact) mass is 562 g/mol. The van der Waals surface area contributed by atoms with E-state index in [1.807, 2.05) is 84.9 Å². The fourth-order valence-electron chi connectivity index (χ4n) is 6.14. The number of fused-ring (bicyclic) bond motifs is 7. The van der Waals surface area contributed by atoms with Crippen LogP contribution in [0.1, 0.15) is 0 Å². The highest BCUT2D eigenvalue weighted by Gasteiger charge is 2.32. The summed E-state index contributed by atoms with van der Waals surface area (Å²) in [6.45, 7) is 0. The van der Waals surface area contributed by atoms with Gasteiger partial charge in [-0.2, -0.15) is 0 Å². The zero-order valence-corrected chi connectivity index (χ0v) is 23.0. The zero-order valence-electron chi connectivity index (χ0n) is 22.2. The topological polar surface area (TPSA) is 42.0 Å². The van der Waals surface area contributed by atoms with Crippen LogP contribution >= 0.6 is 0 Å². The molecule has 3 heterocycles. The summed E-state index contributed by atoms with van der Waals surface area (Å²) in [6.07, 6.45) is 0. The average Bonchev–Trinajstić information content (AvgIpc) is 3.32. The van der Waals surface area contributed by atoms with Gasteiger partial charge in [0.25, 0.3) is 0 Å². The van der Waals surface area contributed by atoms with E-state index in [0.29, 0.717) is 0 Å². The number of ether oxygens (including phenoxy) is 2. The van der Waals surface area contributed by atoms with Crippen LogP contribution in [0.3, 0.4) is 0 Å². The Kier molecular flexibility index (Phi) is 4.92. The van der Waals surface area contributed by atoms with E-state index < -0.39 is 10.8 Å². The number of nitrogens with zero attached hydrogens (tertiary/aromatic N) is 2. The number of para-hydroxylation sites is 8. The van der Waals surface area contributed by atoms with Crippen LogP contribution in [0, 0.1) is 0 Å². The molecule has 200 valence electrons. The van der Waals surface area contributed by atoms with Crippen LogP contribution in [0.15, 0.2) is 143 Å². The molecule has 0 aromatic heterocycles. The lowest BCUT2D eigenvalue weighted by Gasteiger charge is -2.33. The van der Waals surface area contributed by atoms with Crippen molar-refractivity contribution in [1.29, 1.82) is 0 Å². The van der Waals surface area contributed by atoms with E-state index in [9.17, 15) is 4.21 Å². The second kappa shape index (κ2) is 8.83. The molecule has 0 radical (unpaired) electrons. The number of hydrogen-bond acceptors (Lipinski definition) is 5. The highest BCUT2D eigenvalue weighted by molar-refractivity contribution is 7.85. The van der Waals surface area contributed by atoms with Crippen molar-refractivity contribution >= 4 is 44.9 Å². The Hall–Kier alpha value is -5.33. The summed E-state index contributed by atoms with van der Waals surface area (Å²) in [5.74, 6) is 3.19. The van der Waals surface area contributed by atoms with Crippen molar-refractivity contribution in [3.8, 4) is 34.1 Å². The molecule has 6 aromatic rings. The minimum atomic E-state index is -1.27. The van der Waals surface area contributed by atoms with Crippen LogP contribution < -0.4 is 19.3 Å². The molecule has 0 spiro atoms. The smallest absolute Gasteiger partial charge is 0.151 e. The van der Waals surface area contributed by atoms with Gasteiger partial charge >= 0.3 is 0 Å². The number of hydrogen-bond donors (Lipinski definition) is 0. The van der Waals surface area contributed by atoms with E-state index in [2.05, 4.69) is 58.3 Å². The van der Waals surface area contributed by atoms with Crippen LogP contribution in [0.4, 0.5) is 34.1 Å². The Balaban J connectivity index is 1.21. The maximum absolute atomic E-state index is 13.7. The summed E-state index contributed by atoms with van der Waals surface area (Å²) in [6, 6.07) is 44.6. The summed E-state index contributed by atoms with van der Waals surface area (Å²) >= 11 is 0. The Bertz CT molecular complexity index is 1870. The quantitative estimate of drug-likeness (QED) is 0.210. The van der Waals surface area contributed by atoms with Gasteiger partial charge in [-0.15, -0.1) is 0 Å². The third-order valence-corrected chi connectivity index (χ3v) is 9.51. The van der Waals surface area contributed by atoms with Crippen LogP contribution in [-0.2, 0) is 10.8 Å². The van der Waals surface area contributed by atoms with Crippen molar-refractivity contribution in [1.82, 2.24) is 0 Å². The number of anilines is 6. The minimum absolute atomic E-state index is 0.799. The number of rotatable bonds is 2. The molecule has 9 rings (SSSR count). The summed E-state index contributed by atoms with van der Waals surface area (Å²) in [5.41, 5.74) is 7.76. The molecule has 0 saturated heterocycles. The lowest BCUT2D eigenvalue weighted by Crippen LogP contribution is -2.16. The Morgan fingerprint density at radius 2 is 0.762 bits per heavy atom. The molecule has 0 aliphatic carbocycles. The van der Waals surface area contributed by atoms with Gasteiger partial charge in [0.05, 0.1) is 43.3 Å². The van der Waals surface area contributed by atoms with Crippen molar-refractivity contribution in [2.24, 2.45) is 0 Å². The zero-order chi connectivity index (χ0) is 27.8. The highest BCUT2D eigenvalue weighted by Crippen LogP contribution is 2.54. The molecule has 0 amide bonds. The molecule has 0 atom stereocenters. The predicted octanol–water partition coefficient (Wildman–Crippen LogP) is 9.98. The van der Waals surface area contributed by atoms with Gasteiger partial charge in [0.2, 0.25) is 0 Å². The summed E-state index contributed by atoms with van der Waals surface area (Å²) in [7, 11) is -1.27. The molecule has 0 unspecified atom stereocenters. The molecule has 3 aliphatic heterocycles. The largest absolute Gasteiger partial charge is 0.453 e. The molecule has 5 nitrogen and oxygen atoms in total. The fraction of sp³-hybridized carbons (Fsp3) is 0. The van der Waals surface area contributed by atoms with Crippen LogP contribution in [0.2, 0.25) is 0 Å². The highest BCUT2D eigenvalue weighted by atomic mass is 32.2. The lowest BCUT2D eigenvalue weighted by molar-refractivity contribution is 0.476. The molecule has 0 fully saturated rings. The molecule has 42 heavy (non-hydrogen) atoms. The first-order valence-electron chi connectivity index (χ1n) is 13.8. The van der Waals surface area contributed by atoms with E-state index in [-0.39, 0.29) is 0 Å². The van der Waals surface area contributed by atoms with E-state index in [4.69, 9.17) is 9.47 Å². The molecular weight excluding hydrogens is 540 g/mol. The van der Waals surface area contributed by atoms with E-state index in [1.165, 1.54) is 0 Å². The van der Waals surface area contributed by atoms with Crippen LogP contribution in [0.25, 0.3) is 11.1 Å². The van der Waals surface area contributed by atoms with Gasteiger partial charge in [0, 0.05) is 22.5 Å². The first kappa shape index (κ1) is 23.4. The first-order valence-corrected chi connectivity index (χ1v) is 14.9. The van der Waals surface area contributed by atoms with Crippen LogP contribution in [0.5, 0.6) is 23.0 Å². The molecular formula is C36H22N2O3S. The SMILES string of the molecule is O=S1c2ccc(N3c4ccccc4Oc4ccccc43)cc2-c2cc(N3c4ccccc4Oc4ccccc43)ccc21. The van der Waals surface area contributed by atoms with Crippen LogP contribution in [-0.4, -0.2) is 4.21 Å². The standard InChI is InChI=1S/C36H22N2O3S/c39-42-35-19-17-23(37-27-9-1-5-13-31(27)40-32-14-6-2-10-28(32)37)21-25(35)26-22-24(18-20-36(26)42)38-29-11-3-7-15-33(29)41-34-16-8-4-12-30(34)38/h1-22H. The van der Waals surface area contributed by atoms with Gasteiger partial charge in [-0.05, 0) is 84.9 Å². The molecule has 6 heteroatoms. The third-order valence-electron chi connectivity index (χ3n) is 8.00.